The first-order valence-corrected chi connectivity index (χ1v) is 12.9. The summed E-state index contributed by atoms with van der Waals surface area (Å²) in [5, 5.41) is 22.7. The molecule has 0 radical (unpaired) electrons. The average molecular weight is 528 g/mol. The second kappa shape index (κ2) is 10.4. The summed E-state index contributed by atoms with van der Waals surface area (Å²) in [4.78, 5) is 35.0. The Kier molecular flexibility index (Phi) is 6.90. The molecule has 8 nitrogen and oxygen atoms in total. The lowest BCUT2D eigenvalue weighted by Crippen LogP contribution is -2.29. The smallest absolute Gasteiger partial charge is 0.322 e. The van der Waals surface area contributed by atoms with E-state index in [0.717, 1.165) is 21.2 Å². The Morgan fingerprint density at radius 1 is 1.08 bits per heavy atom. The molecule has 0 unspecified atom stereocenters. The molecule has 1 saturated heterocycles. The third kappa shape index (κ3) is 5.05. The van der Waals surface area contributed by atoms with Crippen LogP contribution in [0.3, 0.4) is 0 Å². The van der Waals surface area contributed by atoms with Crippen molar-refractivity contribution in [1.82, 2.24) is 4.90 Å². The molecule has 0 atom stereocenters. The Hall–Kier alpha value is -4.20. The number of carboxylic acids is 1. The quantitative estimate of drug-likeness (QED) is 0.420. The van der Waals surface area contributed by atoms with Crippen molar-refractivity contribution >= 4 is 57.6 Å². The van der Waals surface area contributed by atoms with E-state index >= 15 is 0 Å². The number of anilines is 2. The van der Waals surface area contributed by atoms with Crippen LogP contribution in [0.4, 0.5) is 17.1 Å². The molecule has 2 aliphatic rings. The zero-order valence-electron chi connectivity index (χ0n) is 19.7. The molecule has 0 aromatic heterocycles. The van der Waals surface area contributed by atoms with E-state index in [0.29, 0.717) is 33.6 Å². The molecule has 3 aromatic rings. The minimum absolute atomic E-state index is 0.161. The molecule has 3 aromatic carbocycles. The maximum Gasteiger partial charge on any atom is 0.322 e. The number of nitriles is 1. The molecule has 0 saturated carbocycles. The highest BCUT2D eigenvalue weighted by atomic mass is 32.2. The van der Waals surface area contributed by atoms with Gasteiger partial charge in [-0.3, -0.25) is 14.5 Å². The molecule has 5 rings (SSSR count). The van der Waals surface area contributed by atoms with Crippen molar-refractivity contribution in [2.24, 2.45) is 4.99 Å². The third-order valence-corrected chi connectivity index (χ3v) is 8.18. The van der Waals surface area contributed by atoms with Crippen molar-refractivity contribution in [2.75, 3.05) is 23.8 Å². The minimum atomic E-state index is -1.02. The van der Waals surface area contributed by atoms with Crippen molar-refractivity contribution in [1.29, 1.82) is 5.26 Å². The van der Waals surface area contributed by atoms with E-state index in [9.17, 15) is 14.9 Å². The summed E-state index contributed by atoms with van der Waals surface area (Å²) < 4.78 is 0. The summed E-state index contributed by atoms with van der Waals surface area (Å²) in [5.41, 5.74) is 3.20. The number of fused-ring (bicyclic) bond motifs is 1. The van der Waals surface area contributed by atoms with Gasteiger partial charge in [-0.05, 0) is 47.7 Å². The summed E-state index contributed by atoms with van der Waals surface area (Å²) in [6.07, 6.45) is 0. The van der Waals surface area contributed by atoms with Crippen molar-refractivity contribution in [2.45, 2.75) is 11.4 Å². The summed E-state index contributed by atoms with van der Waals surface area (Å²) in [5.74, 6) is -1.18. The molecule has 1 amide bonds. The molecular weight excluding hydrogens is 506 g/mol. The standard InChI is InChI=1S/C27H21N5O3S2/c1-31-21-9-5-6-10-22(21)36-26(31)24-25(35)32(16-17-7-3-2-4-8-17)27(37-24)30-20-13-18(14-28)11-12-19(20)29-15-23(33)34/h2-13,29H,15-16H2,1H3,(H,33,34). The molecular formula is C27H21N5O3S2. The topological polar surface area (TPSA) is 109 Å². The van der Waals surface area contributed by atoms with Gasteiger partial charge in [0.1, 0.15) is 11.4 Å². The van der Waals surface area contributed by atoms with Gasteiger partial charge in [0.2, 0.25) is 0 Å². The molecule has 37 heavy (non-hydrogen) atoms. The second-order valence-corrected chi connectivity index (χ2v) is 10.2. The van der Waals surface area contributed by atoms with E-state index in [1.54, 1.807) is 34.9 Å². The first-order chi connectivity index (χ1) is 17.9. The number of nitrogens with zero attached hydrogens (tertiary/aromatic N) is 4. The molecule has 10 heteroatoms. The Bertz CT molecular complexity index is 1500. The number of para-hydroxylation sites is 1. The van der Waals surface area contributed by atoms with E-state index in [2.05, 4.69) is 11.4 Å². The van der Waals surface area contributed by atoms with Crippen LogP contribution in [-0.4, -0.2) is 40.6 Å². The van der Waals surface area contributed by atoms with Crippen molar-refractivity contribution in [3.8, 4) is 6.07 Å². The van der Waals surface area contributed by atoms with Gasteiger partial charge in [0.05, 0.1) is 40.3 Å². The number of nitrogens with one attached hydrogen (secondary N) is 1. The van der Waals surface area contributed by atoms with E-state index in [4.69, 9.17) is 10.1 Å². The minimum Gasteiger partial charge on any atom is -0.480 e. The zero-order chi connectivity index (χ0) is 25.9. The predicted molar refractivity (Wildman–Crippen MR) is 147 cm³/mol. The number of carbonyl (C=O) groups excluding carboxylic acids is 1. The number of amides is 1. The largest absolute Gasteiger partial charge is 0.480 e. The van der Waals surface area contributed by atoms with E-state index in [1.807, 2.05) is 66.5 Å². The molecule has 184 valence electrons. The van der Waals surface area contributed by atoms with Crippen LogP contribution in [0.25, 0.3) is 0 Å². The molecule has 0 aliphatic carbocycles. The van der Waals surface area contributed by atoms with Gasteiger partial charge in [0, 0.05) is 11.9 Å². The normalized spacial score (nSPS) is 17.7. The molecule has 0 bridgehead atoms. The zero-order valence-corrected chi connectivity index (χ0v) is 21.3. The lowest BCUT2D eigenvalue weighted by Gasteiger charge is -2.17. The van der Waals surface area contributed by atoms with Gasteiger partial charge in [0.25, 0.3) is 5.91 Å². The van der Waals surface area contributed by atoms with Gasteiger partial charge in [0.15, 0.2) is 5.17 Å². The highest BCUT2D eigenvalue weighted by Crippen LogP contribution is 2.50. The van der Waals surface area contributed by atoms with E-state index in [1.165, 1.54) is 11.8 Å². The van der Waals surface area contributed by atoms with Gasteiger partial charge in [-0.25, -0.2) is 4.99 Å². The summed E-state index contributed by atoms with van der Waals surface area (Å²) in [7, 11) is 1.94. The fraction of sp³-hybridized carbons (Fsp3) is 0.111. The first kappa shape index (κ1) is 24.5. The Morgan fingerprint density at radius 2 is 1.84 bits per heavy atom. The van der Waals surface area contributed by atoms with Gasteiger partial charge in [-0.2, -0.15) is 5.26 Å². The predicted octanol–water partition coefficient (Wildman–Crippen LogP) is 5.23. The van der Waals surface area contributed by atoms with Crippen LogP contribution in [0.15, 0.2) is 92.6 Å². The van der Waals surface area contributed by atoms with Gasteiger partial charge >= 0.3 is 5.97 Å². The summed E-state index contributed by atoms with van der Waals surface area (Å²) in [6, 6.07) is 24.5. The average Bonchev–Trinajstić information content (AvgIpc) is 3.40. The summed E-state index contributed by atoms with van der Waals surface area (Å²) >= 11 is 2.82. The first-order valence-electron chi connectivity index (χ1n) is 11.3. The lowest BCUT2D eigenvalue weighted by atomic mass is 10.2. The number of aliphatic imine (C=N–C) groups is 1. The van der Waals surface area contributed by atoms with Crippen LogP contribution in [-0.2, 0) is 16.1 Å². The molecule has 2 aliphatic heterocycles. The van der Waals surface area contributed by atoms with Crippen LogP contribution in [0.1, 0.15) is 11.1 Å². The number of carbonyl (C=O) groups is 2. The fourth-order valence-corrected chi connectivity index (χ4v) is 6.28. The number of thioether (sulfide) groups is 2. The number of hydrogen-bond donors (Lipinski definition) is 2. The highest BCUT2D eigenvalue weighted by Gasteiger charge is 2.39. The number of rotatable bonds is 6. The van der Waals surface area contributed by atoms with Gasteiger partial charge in [-0.1, -0.05) is 54.2 Å². The Morgan fingerprint density at radius 3 is 2.57 bits per heavy atom. The van der Waals surface area contributed by atoms with Crippen LogP contribution in [0, 0.1) is 11.3 Å². The van der Waals surface area contributed by atoms with Crippen LogP contribution < -0.4 is 10.2 Å². The van der Waals surface area contributed by atoms with Crippen molar-refractivity contribution in [3.05, 3.63) is 93.9 Å². The number of benzene rings is 3. The maximum atomic E-state index is 13.8. The van der Waals surface area contributed by atoms with E-state index < -0.39 is 5.97 Å². The lowest BCUT2D eigenvalue weighted by molar-refractivity contribution is -0.135. The van der Waals surface area contributed by atoms with Gasteiger partial charge < -0.3 is 15.3 Å². The third-order valence-electron chi connectivity index (χ3n) is 5.75. The van der Waals surface area contributed by atoms with Crippen LogP contribution >= 0.6 is 23.5 Å². The van der Waals surface area contributed by atoms with Crippen LogP contribution in [0.5, 0.6) is 0 Å². The Labute approximate surface area is 222 Å². The number of amidine groups is 1. The monoisotopic (exact) mass is 527 g/mol. The SMILES string of the molecule is CN1C(=C2SC(=Nc3cc(C#N)ccc3NCC(=O)O)N(Cc3ccccc3)C2=O)Sc2ccccc21. The molecule has 2 N–H and O–H groups in total. The highest BCUT2D eigenvalue weighted by molar-refractivity contribution is 8.19. The molecule has 2 heterocycles. The fourth-order valence-electron chi connectivity index (χ4n) is 3.94. The number of carboxylic acid groups (broad SMARTS) is 1. The molecule has 1 fully saturated rings. The van der Waals surface area contributed by atoms with Crippen molar-refractivity contribution < 1.29 is 14.7 Å². The summed E-state index contributed by atoms with van der Waals surface area (Å²) in [6.45, 7) is 0.0119. The number of hydrogen-bond acceptors (Lipinski definition) is 8. The second-order valence-electron chi connectivity index (χ2n) is 8.23. The maximum absolute atomic E-state index is 13.8. The molecule has 0 spiro atoms. The van der Waals surface area contributed by atoms with Gasteiger partial charge in [-0.15, -0.1) is 0 Å². The van der Waals surface area contributed by atoms with Crippen molar-refractivity contribution in [3.63, 3.8) is 0 Å². The van der Waals surface area contributed by atoms with E-state index in [-0.39, 0.29) is 12.5 Å². The number of aliphatic carboxylic acids is 1. The van der Waals surface area contributed by atoms with Crippen LogP contribution in [0.2, 0.25) is 0 Å². The Balaban J connectivity index is 1.58.